The van der Waals surface area contributed by atoms with E-state index in [0.717, 1.165) is 29.8 Å². The van der Waals surface area contributed by atoms with Crippen LogP contribution in [-0.4, -0.2) is 38.2 Å². The van der Waals surface area contributed by atoms with Crippen molar-refractivity contribution in [3.63, 3.8) is 0 Å². The van der Waals surface area contributed by atoms with E-state index in [2.05, 4.69) is 4.90 Å². The number of ketones is 1. The fraction of sp³-hybridized carbons (Fsp3) is 0.240. The Kier molecular flexibility index (Phi) is 5.33. The number of benzene rings is 2. The summed E-state index contributed by atoms with van der Waals surface area (Å²) in [5.74, 6) is 3.42. The van der Waals surface area contributed by atoms with Crippen LogP contribution in [0.5, 0.6) is 23.0 Å². The lowest BCUT2D eigenvalue weighted by Crippen LogP contribution is -2.33. The van der Waals surface area contributed by atoms with Gasteiger partial charge in [0.25, 0.3) is 0 Å². The molecule has 3 heterocycles. The van der Waals surface area contributed by atoms with Crippen LogP contribution >= 0.6 is 0 Å². The molecule has 32 heavy (non-hydrogen) atoms. The Labute approximate surface area is 185 Å². The van der Waals surface area contributed by atoms with E-state index in [-0.39, 0.29) is 11.5 Å². The van der Waals surface area contributed by atoms with Crippen LogP contribution in [0, 0.1) is 0 Å². The highest BCUT2D eigenvalue weighted by molar-refractivity contribution is 6.14. The van der Waals surface area contributed by atoms with Crippen LogP contribution in [-0.2, 0) is 13.0 Å². The minimum atomic E-state index is -0.151. The second-order valence-corrected chi connectivity index (χ2v) is 7.64. The van der Waals surface area contributed by atoms with Gasteiger partial charge in [-0.25, -0.2) is 0 Å². The molecule has 7 heteroatoms. The van der Waals surface area contributed by atoms with E-state index < -0.39 is 0 Å². The lowest BCUT2D eigenvalue weighted by atomic mass is 10.0. The average molecular weight is 433 g/mol. The van der Waals surface area contributed by atoms with E-state index in [1.165, 1.54) is 0 Å². The molecule has 0 N–H and O–H groups in total. The van der Waals surface area contributed by atoms with Crippen molar-refractivity contribution in [1.29, 1.82) is 0 Å². The Morgan fingerprint density at radius 3 is 2.75 bits per heavy atom. The predicted molar refractivity (Wildman–Crippen MR) is 117 cm³/mol. The van der Waals surface area contributed by atoms with E-state index in [1.807, 2.05) is 24.3 Å². The van der Waals surface area contributed by atoms with Crippen LogP contribution in [0.4, 0.5) is 0 Å². The number of furan rings is 1. The number of rotatable bonds is 6. The molecule has 0 saturated heterocycles. The van der Waals surface area contributed by atoms with Gasteiger partial charge in [-0.05, 0) is 48.4 Å². The van der Waals surface area contributed by atoms with Crippen LogP contribution in [0.15, 0.2) is 58.9 Å². The Hall–Kier alpha value is -3.71. The molecule has 0 saturated carbocycles. The molecule has 2 aliphatic rings. The van der Waals surface area contributed by atoms with E-state index in [0.29, 0.717) is 41.8 Å². The Balaban J connectivity index is 1.32. The van der Waals surface area contributed by atoms with Gasteiger partial charge in [0.2, 0.25) is 5.78 Å². The highest BCUT2D eigenvalue weighted by Gasteiger charge is 2.33. The average Bonchev–Trinajstić information content (AvgIpc) is 3.45. The molecule has 2 aromatic carbocycles. The van der Waals surface area contributed by atoms with E-state index >= 15 is 0 Å². The first-order valence-corrected chi connectivity index (χ1v) is 10.4. The van der Waals surface area contributed by atoms with Gasteiger partial charge in [-0.2, -0.15) is 0 Å². The number of nitrogens with zero attached hydrogens (tertiary/aromatic N) is 1. The second-order valence-electron chi connectivity index (χ2n) is 7.64. The van der Waals surface area contributed by atoms with Gasteiger partial charge in [0, 0.05) is 19.2 Å². The zero-order chi connectivity index (χ0) is 22.1. The van der Waals surface area contributed by atoms with Crippen molar-refractivity contribution in [3.8, 4) is 23.0 Å². The normalized spacial score (nSPS) is 16.3. The van der Waals surface area contributed by atoms with Gasteiger partial charge in [-0.1, -0.05) is 6.07 Å². The van der Waals surface area contributed by atoms with Crippen LogP contribution in [0.2, 0.25) is 0 Å². The van der Waals surface area contributed by atoms with Gasteiger partial charge >= 0.3 is 0 Å². The number of fused-ring (bicyclic) bond motifs is 3. The number of allylic oxidation sites excluding steroid dienone is 1. The fourth-order valence-corrected chi connectivity index (χ4v) is 3.97. The molecule has 0 aliphatic carbocycles. The number of ether oxygens (including phenoxy) is 4. The van der Waals surface area contributed by atoms with Gasteiger partial charge < -0.3 is 23.4 Å². The van der Waals surface area contributed by atoms with Crippen molar-refractivity contribution in [3.05, 3.63) is 76.9 Å². The van der Waals surface area contributed by atoms with E-state index in [4.69, 9.17) is 23.4 Å². The van der Waals surface area contributed by atoms with Gasteiger partial charge in [0.05, 0.1) is 31.6 Å². The molecule has 2 aliphatic heterocycles. The van der Waals surface area contributed by atoms with E-state index in [9.17, 15) is 4.79 Å². The Morgan fingerprint density at radius 1 is 1.09 bits per heavy atom. The monoisotopic (exact) mass is 433 g/mol. The highest BCUT2D eigenvalue weighted by Crippen LogP contribution is 2.42. The largest absolute Gasteiger partial charge is 0.493 e. The molecular weight excluding hydrogens is 410 g/mol. The molecular formula is C25H23NO6. The summed E-state index contributed by atoms with van der Waals surface area (Å²) in [4.78, 5) is 15.0. The Bertz CT molecular complexity index is 1180. The summed E-state index contributed by atoms with van der Waals surface area (Å²) < 4.78 is 28.0. The fourth-order valence-electron chi connectivity index (χ4n) is 3.97. The molecule has 0 atom stereocenters. The molecule has 0 unspecified atom stereocenters. The maximum Gasteiger partial charge on any atom is 0.232 e. The number of methoxy groups -OCH3 is 2. The SMILES string of the molecule is COc1ccc(CCN2COc3ccc4c(c3C2)OC(=Cc2ccco2)C4=O)cc1OC. The molecule has 3 aromatic rings. The molecule has 164 valence electrons. The summed E-state index contributed by atoms with van der Waals surface area (Å²) in [6.45, 7) is 1.89. The summed E-state index contributed by atoms with van der Waals surface area (Å²) in [6, 6.07) is 13.1. The van der Waals surface area contributed by atoms with Crippen molar-refractivity contribution in [2.45, 2.75) is 13.0 Å². The standard InChI is InChI=1S/C25H23NO6/c1-28-21-7-5-16(12-22(21)29-2)9-10-26-14-19-20(31-15-26)8-6-18-24(27)23(32-25(18)19)13-17-4-3-11-30-17/h3-8,11-13H,9-10,14-15H2,1-2H3. The highest BCUT2D eigenvalue weighted by atomic mass is 16.5. The smallest absolute Gasteiger partial charge is 0.232 e. The first kappa shape index (κ1) is 20.2. The molecule has 1 aromatic heterocycles. The third-order valence-corrected chi connectivity index (χ3v) is 5.66. The maximum atomic E-state index is 12.8. The lowest BCUT2D eigenvalue weighted by molar-refractivity contribution is 0.0949. The summed E-state index contributed by atoms with van der Waals surface area (Å²) in [5.41, 5.74) is 2.57. The number of hydrogen-bond acceptors (Lipinski definition) is 7. The predicted octanol–water partition coefficient (Wildman–Crippen LogP) is 4.31. The number of Topliss-reactive ketones (excluding diaryl/α,β-unsaturated/α-hetero) is 1. The topological polar surface area (TPSA) is 70.4 Å². The van der Waals surface area contributed by atoms with Crippen molar-refractivity contribution in [2.24, 2.45) is 0 Å². The molecule has 0 spiro atoms. The van der Waals surface area contributed by atoms with Gasteiger partial charge in [-0.15, -0.1) is 0 Å². The quantitative estimate of drug-likeness (QED) is 0.537. The molecule has 7 nitrogen and oxygen atoms in total. The van der Waals surface area contributed by atoms with Gasteiger partial charge in [-0.3, -0.25) is 9.69 Å². The Morgan fingerprint density at radius 2 is 1.97 bits per heavy atom. The van der Waals surface area contributed by atoms with Crippen LogP contribution in [0.25, 0.3) is 6.08 Å². The molecule has 0 amide bonds. The number of hydrogen-bond donors (Lipinski definition) is 0. The van der Waals surface area contributed by atoms with Crippen molar-refractivity contribution in [1.82, 2.24) is 4.90 Å². The third-order valence-electron chi connectivity index (χ3n) is 5.66. The van der Waals surface area contributed by atoms with Crippen LogP contribution < -0.4 is 18.9 Å². The number of carbonyl (C=O) groups excluding carboxylic acids is 1. The summed E-state index contributed by atoms with van der Waals surface area (Å²) in [6.07, 6.45) is 4.00. The van der Waals surface area contributed by atoms with Crippen molar-refractivity contribution >= 4 is 11.9 Å². The number of carbonyl (C=O) groups is 1. The summed E-state index contributed by atoms with van der Waals surface area (Å²) in [5, 5.41) is 0. The van der Waals surface area contributed by atoms with Gasteiger partial charge in [0.15, 0.2) is 17.3 Å². The zero-order valence-corrected chi connectivity index (χ0v) is 17.9. The van der Waals surface area contributed by atoms with Crippen molar-refractivity contribution < 1.29 is 28.2 Å². The zero-order valence-electron chi connectivity index (χ0n) is 17.9. The first-order chi connectivity index (χ1) is 15.7. The van der Waals surface area contributed by atoms with E-state index in [1.54, 1.807) is 44.8 Å². The van der Waals surface area contributed by atoms with Crippen LogP contribution in [0.3, 0.4) is 0 Å². The molecule has 0 radical (unpaired) electrons. The molecule has 0 fully saturated rings. The summed E-state index contributed by atoms with van der Waals surface area (Å²) >= 11 is 0. The second kappa shape index (κ2) is 8.43. The third kappa shape index (κ3) is 3.71. The maximum absolute atomic E-state index is 12.8. The molecule has 0 bridgehead atoms. The lowest BCUT2D eigenvalue weighted by Gasteiger charge is -2.29. The minimum absolute atomic E-state index is 0.151. The summed E-state index contributed by atoms with van der Waals surface area (Å²) in [7, 11) is 3.26. The first-order valence-electron chi connectivity index (χ1n) is 10.4. The van der Waals surface area contributed by atoms with Crippen LogP contribution in [0.1, 0.15) is 27.2 Å². The molecule has 5 rings (SSSR count). The van der Waals surface area contributed by atoms with Crippen molar-refractivity contribution in [2.75, 3.05) is 27.5 Å². The van der Waals surface area contributed by atoms with Gasteiger partial charge in [0.1, 0.15) is 24.0 Å². The minimum Gasteiger partial charge on any atom is -0.493 e.